The molecule has 0 bridgehead atoms. The van der Waals surface area contributed by atoms with Crippen molar-refractivity contribution in [2.24, 2.45) is 5.92 Å². The second-order valence-electron chi connectivity index (χ2n) is 7.44. The molecule has 0 spiro atoms. The lowest BCUT2D eigenvalue weighted by molar-refractivity contribution is 0.0971. The molecule has 1 aliphatic heterocycles. The van der Waals surface area contributed by atoms with E-state index in [1.165, 1.54) is 12.1 Å². The van der Waals surface area contributed by atoms with Crippen molar-refractivity contribution in [3.05, 3.63) is 82.6 Å². The number of carbonyl (C=O) groups excluding carboxylic acids is 2. The Morgan fingerprint density at radius 2 is 1.62 bits per heavy atom. The minimum atomic E-state index is -0.326. The van der Waals surface area contributed by atoms with Gasteiger partial charge >= 0.3 is 0 Å². The van der Waals surface area contributed by atoms with Crippen molar-refractivity contribution in [1.29, 1.82) is 0 Å². The lowest BCUT2D eigenvalue weighted by atomic mass is 9.95. The van der Waals surface area contributed by atoms with Gasteiger partial charge < -0.3 is 4.90 Å². The van der Waals surface area contributed by atoms with Crippen molar-refractivity contribution >= 4 is 23.2 Å². The Morgan fingerprint density at radius 1 is 1.00 bits per heavy atom. The minimum absolute atomic E-state index is 0.00315. The predicted octanol–water partition coefficient (Wildman–Crippen LogP) is 5.59. The zero-order valence-corrected chi connectivity index (χ0v) is 17.1. The summed E-state index contributed by atoms with van der Waals surface area (Å²) in [4.78, 5) is 26.7. The molecule has 1 fully saturated rings. The summed E-state index contributed by atoms with van der Waals surface area (Å²) in [5, 5.41) is 0.622. The standard InChI is InChI=1S/C24H25ClFNO2/c25-21-8-4-19(5-9-21)24(29)12-3-18-13-16-27(17-14-18)15-1-2-23(28)20-6-10-22(26)11-7-20/h3-12,18H,1-2,13-17H2/b12-3+. The van der Waals surface area contributed by atoms with E-state index in [0.717, 1.165) is 38.9 Å². The summed E-state index contributed by atoms with van der Waals surface area (Å²) in [5.41, 5.74) is 1.22. The highest BCUT2D eigenvalue weighted by molar-refractivity contribution is 6.30. The van der Waals surface area contributed by atoms with Crippen LogP contribution in [0.1, 0.15) is 46.4 Å². The summed E-state index contributed by atoms with van der Waals surface area (Å²) in [6.45, 7) is 2.82. The number of benzene rings is 2. The monoisotopic (exact) mass is 413 g/mol. The Bertz CT molecular complexity index is 853. The fourth-order valence-corrected chi connectivity index (χ4v) is 3.67. The van der Waals surface area contributed by atoms with Crippen LogP contribution in [0.4, 0.5) is 4.39 Å². The maximum Gasteiger partial charge on any atom is 0.185 e. The summed E-state index contributed by atoms with van der Waals surface area (Å²) >= 11 is 5.85. The molecule has 1 saturated heterocycles. The first-order valence-electron chi connectivity index (χ1n) is 10.0. The molecule has 3 nitrogen and oxygen atoms in total. The molecule has 0 unspecified atom stereocenters. The molecule has 5 heteroatoms. The molecule has 2 aromatic carbocycles. The van der Waals surface area contributed by atoms with E-state index in [2.05, 4.69) is 4.90 Å². The Hall–Kier alpha value is -2.30. The van der Waals surface area contributed by atoms with Crippen molar-refractivity contribution in [3.8, 4) is 0 Å². The summed E-state index contributed by atoms with van der Waals surface area (Å²) < 4.78 is 12.9. The number of hydrogen-bond donors (Lipinski definition) is 0. The summed E-state index contributed by atoms with van der Waals surface area (Å²) in [6.07, 6.45) is 6.98. The normalized spacial score (nSPS) is 15.7. The number of nitrogens with zero attached hydrogens (tertiary/aromatic N) is 1. The van der Waals surface area contributed by atoms with Crippen LogP contribution in [-0.2, 0) is 0 Å². The number of piperidine rings is 1. The van der Waals surface area contributed by atoms with Crippen LogP contribution in [0.2, 0.25) is 5.02 Å². The van der Waals surface area contributed by atoms with E-state index in [9.17, 15) is 14.0 Å². The van der Waals surface area contributed by atoms with Crippen molar-refractivity contribution in [3.63, 3.8) is 0 Å². The maximum absolute atomic E-state index is 12.9. The molecule has 2 aromatic rings. The average Bonchev–Trinajstić information content (AvgIpc) is 2.74. The fourth-order valence-electron chi connectivity index (χ4n) is 3.55. The van der Waals surface area contributed by atoms with Gasteiger partial charge in [0, 0.05) is 22.6 Å². The Labute approximate surface area is 176 Å². The average molecular weight is 414 g/mol. The molecule has 0 amide bonds. The van der Waals surface area contributed by atoms with Gasteiger partial charge in [-0.25, -0.2) is 4.39 Å². The van der Waals surface area contributed by atoms with Crippen molar-refractivity contribution in [2.45, 2.75) is 25.7 Å². The topological polar surface area (TPSA) is 37.4 Å². The van der Waals surface area contributed by atoms with E-state index in [0.29, 0.717) is 28.5 Å². The second kappa shape index (κ2) is 10.5. The second-order valence-corrected chi connectivity index (χ2v) is 7.88. The quantitative estimate of drug-likeness (QED) is 0.418. The van der Waals surface area contributed by atoms with Gasteiger partial charge in [0.05, 0.1) is 0 Å². The zero-order chi connectivity index (χ0) is 20.6. The van der Waals surface area contributed by atoms with Gasteiger partial charge in [-0.3, -0.25) is 9.59 Å². The molecule has 152 valence electrons. The number of hydrogen-bond acceptors (Lipinski definition) is 3. The Morgan fingerprint density at radius 3 is 2.28 bits per heavy atom. The van der Waals surface area contributed by atoms with E-state index in [-0.39, 0.29) is 17.4 Å². The minimum Gasteiger partial charge on any atom is -0.303 e. The van der Waals surface area contributed by atoms with Crippen LogP contribution in [0.5, 0.6) is 0 Å². The molecule has 0 aliphatic carbocycles. The molecular weight excluding hydrogens is 389 g/mol. The first-order valence-corrected chi connectivity index (χ1v) is 10.4. The number of carbonyl (C=O) groups is 2. The van der Waals surface area contributed by atoms with Crippen LogP contribution in [0.15, 0.2) is 60.7 Å². The van der Waals surface area contributed by atoms with Crippen LogP contribution < -0.4 is 0 Å². The van der Waals surface area contributed by atoms with Gasteiger partial charge in [0.2, 0.25) is 0 Å². The number of rotatable bonds is 8. The zero-order valence-electron chi connectivity index (χ0n) is 16.3. The van der Waals surface area contributed by atoms with E-state index >= 15 is 0 Å². The highest BCUT2D eigenvalue weighted by atomic mass is 35.5. The number of Topliss-reactive ketones (excluding diaryl/α,β-unsaturated/α-hetero) is 1. The highest BCUT2D eigenvalue weighted by Crippen LogP contribution is 2.20. The van der Waals surface area contributed by atoms with Crippen molar-refractivity contribution in [2.75, 3.05) is 19.6 Å². The van der Waals surface area contributed by atoms with Gasteiger partial charge in [-0.1, -0.05) is 17.7 Å². The van der Waals surface area contributed by atoms with E-state index in [1.807, 2.05) is 6.08 Å². The molecule has 0 radical (unpaired) electrons. The van der Waals surface area contributed by atoms with Crippen molar-refractivity contribution < 1.29 is 14.0 Å². The Kier molecular flexibility index (Phi) is 7.73. The third-order valence-electron chi connectivity index (χ3n) is 5.33. The van der Waals surface area contributed by atoms with Crippen LogP contribution in [0.3, 0.4) is 0 Å². The molecule has 0 atom stereocenters. The van der Waals surface area contributed by atoms with Gasteiger partial charge in [-0.2, -0.15) is 0 Å². The van der Waals surface area contributed by atoms with Crippen molar-refractivity contribution in [1.82, 2.24) is 4.90 Å². The molecule has 0 aromatic heterocycles. The van der Waals surface area contributed by atoms with Gasteiger partial charge in [-0.15, -0.1) is 0 Å². The molecule has 29 heavy (non-hydrogen) atoms. The van der Waals surface area contributed by atoms with Gasteiger partial charge in [0.1, 0.15) is 5.82 Å². The summed E-state index contributed by atoms with van der Waals surface area (Å²) in [5.74, 6) is 0.142. The number of allylic oxidation sites excluding steroid dienone is 2. The number of halogens is 2. The fraction of sp³-hybridized carbons (Fsp3) is 0.333. The van der Waals surface area contributed by atoms with Gasteiger partial charge in [0.25, 0.3) is 0 Å². The first kappa shape index (κ1) is 21.4. The lowest BCUT2D eigenvalue weighted by Crippen LogP contribution is -2.34. The molecule has 1 aliphatic rings. The lowest BCUT2D eigenvalue weighted by Gasteiger charge is -2.30. The van der Waals surface area contributed by atoms with E-state index in [4.69, 9.17) is 11.6 Å². The van der Waals surface area contributed by atoms with E-state index < -0.39 is 0 Å². The van der Waals surface area contributed by atoms with Crippen LogP contribution >= 0.6 is 11.6 Å². The van der Waals surface area contributed by atoms with Crippen LogP contribution in [0.25, 0.3) is 0 Å². The van der Waals surface area contributed by atoms with Gasteiger partial charge in [-0.05, 0) is 99.4 Å². The molecule has 0 N–H and O–H groups in total. The SMILES string of the molecule is O=C(/C=C/C1CCN(CCCC(=O)c2ccc(F)cc2)CC1)c1ccc(Cl)cc1. The van der Waals surface area contributed by atoms with E-state index in [1.54, 1.807) is 42.5 Å². The predicted molar refractivity (Wildman–Crippen MR) is 114 cm³/mol. The number of ketones is 2. The van der Waals surface area contributed by atoms with Gasteiger partial charge in [0.15, 0.2) is 11.6 Å². The maximum atomic E-state index is 12.9. The van der Waals surface area contributed by atoms with Crippen LogP contribution in [0, 0.1) is 11.7 Å². The first-order chi connectivity index (χ1) is 14.0. The molecule has 0 saturated carbocycles. The summed E-state index contributed by atoms with van der Waals surface area (Å²) in [6, 6.07) is 12.7. The third-order valence-corrected chi connectivity index (χ3v) is 5.58. The largest absolute Gasteiger partial charge is 0.303 e. The molecule has 1 heterocycles. The molecular formula is C24H25ClFNO2. The van der Waals surface area contributed by atoms with Crippen LogP contribution in [-0.4, -0.2) is 36.1 Å². The highest BCUT2D eigenvalue weighted by Gasteiger charge is 2.17. The number of likely N-dealkylation sites (tertiary alicyclic amines) is 1. The summed E-state index contributed by atoms with van der Waals surface area (Å²) in [7, 11) is 0. The third kappa shape index (κ3) is 6.62. The molecule has 3 rings (SSSR count). The smallest absolute Gasteiger partial charge is 0.185 e. The Balaban J connectivity index is 1.36.